The molecule has 4 aliphatic heterocycles. The third-order valence-corrected chi connectivity index (χ3v) is 16.1. The van der Waals surface area contributed by atoms with Gasteiger partial charge in [-0.3, -0.25) is 38.6 Å². The average molecular weight is 1110 g/mol. The average Bonchev–Trinajstić information content (AvgIpc) is 3.47. The number of hydrogen-bond donors (Lipinski definition) is 7. The minimum atomic E-state index is -1.38. The maximum Gasteiger partial charge on any atom is 0.247 e. The Bertz CT molecular complexity index is 2840. The first-order valence-corrected chi connectivity index (χ1v) is 27.6. The zero-order chi connectivity index (χ0) is 57.1. The number of hydrogen-bond acceptors (Lipinski definition) is 12. The highest BCUT2D eigenvalue weighted by atomic mass is 19.1. The molecule has 4 aliphatic rings. The molecule has 0 saturated carbocycles. The van der Waals surface area contributed by atoms with Crippen LogP contribution in [-0.2, 0) is 69.6 Å². The van der Waals surface area contributed by atoms with Gasteiger partial charge in [0.2, 0.25) is 35.9 Å². The number of carbonyl (C=O) groups is 6. The van der Waals surface area contributed by atoms with Gasteiger partial charge in [0, 0.05) is 89.3 Å². The summed E-state index contributed by atoms with van der Waals surface area (Å²) in [6, 6.07) is 18.0. The second kappa shape index (κ2) is 27.1. The summed E-state index contributed by atoms with van der Waals surface area (Å²) in [5, 5.41) is 20.2. The second-order valence-corrected chi connectivity index (χ2v) is 21.9. The molecule has 3 fully saturated rings. The van der Waals surface area contributed by atoms with Gasteiger partial charge in [0.1, 0.15) is 35.2 Å². The van der Waals surface area contributed by atoms with Crippen molar-refractivity contribution in [3.63, 3.8) is 0 Å². The van der Waals surface area contributed by atoms with Crippen molar-refractivity contribution in [3.8, 4) is 0 Å². The molecule has 0 spiro atoms. The van der Waals surface area contributed by atoms with Crippen LogP contribution >= 0.6 is 0 Å². The van der Waals surface area contributed by atoms with Crippen molar-refractivity contribution in [2.45, 2.75) is 108 Å². The molecule has 0 aliphatic carbocycles. The number of amides is 6. The number of carbonyl (C=O) groups excluding carboxylic acids is 6. The molecule has 0 aromatic heterocycles. The van der Waals surface area contributed by atoms with Crippen molar-refractivity contribution in [2.75, 3.05) is 83.4 Å². The highest BCUT2D eigenvalue weighted by molar-refractivity contribution is 6.00. The number of anilines is 2. The van der Waals surface area contributed by atoms with E-state index in [-0.39, 0.29) is 49.4 Å². The Labute approximate surface area is 465 Å². The normalized spacial score (nSPS) is 21.5. The molecule has 21 heteroatoms. The molecule has 4 heterocycles. The quantitative estimate of drug-likeness (QED) is 0.0595. The fourth-order valence-corrected chi connectivity index (χ4v) is 11.3. The predicted octanol–water partition coefficient (Wildman–Crippen LogP) is 3.75. The van der Waals surface area contributed by atoms with Gasteiger partial charge in [-0.1, -0.05) is 42.5 Å². The Morgan fingerprint density at radius 3 is 2.33 bits per heavy atom. The summed E-state index contributed by atoms with van der Waals surface area (Å²) in [4.78, 5) is 89.2. The van der Waals surface area contributed by atoms with Crippen molar-refractivity contribution in [3.05, 3.63) is 130 Å². The molecule has 8 rings (SSSR count). The van der Waals surface area contributed by atoms with E-state index >= 15 is 0 Å². The molecule has 4 aromatic rings. The van der Waals surface area contributed by atoms with Crippen molar-refractivity contribution >= 4 is 47.3 Å². The summed E-state index contributed by atoms with van der Waals surface area (Å²) in [5.41, 5.74) is 2.84. The molecule has 6 amide bonds. The van der Waals surface area contributed by atoms with E-state index in [9.17, 15) is 41.9 Å². The van der Waals surface area contributed by atoms with Gasteiger partial charge < -0.3 is 51.6 Å². The van der Waals surface area contributed by atoms with Crippen molar-refractivity contribution in [2.24, 2.45) is 5.92 Å². The summed E-state index contributed by atoms with van der Waals surface area (Å²) < 4.78 is 55.1. The van der Waals surface area contributed by atoms with E-state index in [0.717, 1.165) is 55.0 Å². The number of benzene rings is 4. The molecular formula is C59H75F3N10O8. The van der Waals surface area contributed by atoms with Crippen molar-refractivity contribution < 1.29 is 51.4 Å². The third kappa shape index (κ3) is 14.6. The first-order valence-electron chi connectivity index (χ1n) is 27.6. The second-order valence-electron chi connectivity index (χ2n) is 21.9. The minimum Gasteiger partial charge on any atom is -0.381 e. The Balaban J connectivity index is 1.03. The fourth-order valence-electron chi connectivity index (χ4n) is 11.3. The van der Waals surface area contributed by atoms with Gasteiger partial charge >= 0.3 is 0 Å². The SMILES string of the molecule is CN[C@@H](C)C(=O)NC(C(=O)N1Cc2cc(NC(=O)CNC(=O)C(C)(CNC=O)c3ccc(Cc4ccc(F)cc4)cc3CN3CC(C)NC[C@@H]3CN3CCOCC3C)ccc2CC1C(=O)Nc1c(F)cccc1F)C1CCOCC1. The van der Waals surface area contributed by atoms with E-state index in [4.69, 9.17) is 9.47 Å². The van der Waals surface area contributed by atoms with E-state index in [2.05, 4.69) is 66.9 Å². The number of fused-ring (bicyclic) bond motifs is 1. The highest BCUT2D eigenvalue weighted by Crippen LogP contribution is 2.33. The first-order chi connectivity index (χ1) is 38.4. The summed E-state index contributed by atoms with van der Waals surface area (Å²) in [5.74, 6) is -5.64. The molecule has 5 unspecified atom stereocenters. The fraction of sp³-hybridized carbons (Fsp3) is 0.492. The van der Waals surface area contributed by atoms with Crippen LogP contribution in [0.1, 0.15) is 73.9 Å². The van der Waals surface area contributed by atoms with Crippen LogP contribution < -0.4 is 37.2 Å². The highest BCUT2D eigenvalue weighted by Gasteiger charge is 2.43. The van der Waals surface area contributed by atoms with Crippen LogP contribution in [0.2, 0.25) is 0 Å². The number of morpholine rings is 1. The largest absolute Gasteiger partial charge is 0.381 e. The molecule has 7 atom stereocenters. The lowest BCUT2D eigenvalue weighted by molar-refractivity contribution is -0.145. The van der Waals surface area contributed by atoms with E-state index in [1.165, 1.54) is 23.1 Å². The third-order valence-electron chi connectivity index (χ3n) is 16.1. The van der Waals surface area contributed by atoms with Crippen molar-refractivity contribution in [1.29, 1.82) is 0 Å². The van der Waals surface area contributed by atoms with Crippen LogP contribution in [-0.4, -0.2) is 160 Å². The summed E-state index contributed by atoms with van der Waals surface area (Å²) in [7, 11) is 1.61. The first kappa shape index (κ1) is 59.4. The number of piperazine rings is 1. The van der Waals surface area contributed by atoms with Crippen molar-refractivity contribution in [1.82, 2.24) is 41.3 Å². The van der Waals surface area contributed by atoms with Crippen LogP contribution in [0.25, 0.3) is 0 Å². The van der Waals surface area contributed by atoms with E-state index < -0.39 is 76.9 Å². The molecule has 0 radical (unpaired) electrons. The summed E-state index contributed by atoms with van der Waals surface area (Å²) in [6.07, 6.45) is 1.86. The van der Waals surface area contributed by atoms with Crippen LogP contribution in [0, 0.1) is 23.4 Å². The summed E-state index contributed by atoms with van der Waals surface area (Å²) in [6.45, 7) is 12.6. The van der Waals surface area contributed by atoms with E-state index in [1.807, 2.05) is 12.1 Å². The van der Waals surface area contributed by atoms with E-state index in [1.54, 1.807) is 51.2 Å². The Hall–Kier alpha value is -6.75. The van der Waals surface area contributed by atoms with Gasteiger partial charge in [-0.2, -0.15) is 0 Å². The van der Waals surface area contributed by atoms with Crippen LogP contribution in [0.15, 0.2) is 78.9 Å². The number of nitrogens with zero attached hydrogens (tertiary/aromatic N) is 3. The van der Waals surface area contributed by atoms with Gasteiger partial charge in [0.05, 0.1) is 31.2 Å². The van der Waals surface area contributed by atoms with Gasteiger partial charge in [-0.25, -0.2) is 13.2 Å². The topological polar surface area (TPSA) is 215 Å². The Morgan fingerprint density at radius 2 is 1.61 bits per heavy atom. The summed E-state index contributed by atoms with van der Waals surface area (Å²) >= 11 is 0. The molecule has 3 saturated heterocycles. The smallest absolute Gasteiger partial charge is 0.247 e. The maximum absolute atomic E-state index is 14.9. The number of ether oxygens (including phenoxy) is 2. The molecule has 4 aromatic carbocycles. The van der Waals surface area contributed by atoms with Gasteiger partial charge in [0.25, 0.3) is 0 Å². The number of para-hydroxylation sites is 1. The standard InChI is InChI=1S/C59H75F3N10O8/c1-36-29-71(47(27-65-36)32-70-19-22-80-33-37(70)2)30-44-24-40(23-39-9-13-45(60)14-10-39)11-16-48(44)59(4,34-64-35-73)58(78)66-28-52(74)67-46-15-12-42-26-51(56(76)69-54-49(61)7-6-8-50(54)62)72(31-43(42)25-46)57(77)53(41-17-20-79-21-18-41)68-55(75)38(3)63-5/h6-16,24-25,35-38,41,47,51,53,63,65H,17-23,26-34H2,1-5H3,(H,64,73)(H,66,78)(H,67,74)(H,68,75)(H,69,76)/t36?,37?,38-,47+,51?,53?,59?/m0/s1. The Morgan fingerprint density at radius 1 is 0.875 bits per heavy atom. The maximum atomic E-state index is 14.9. The molecule has 7 N–H and O–H groups in total. The zero-order valence-corrected chi connectivity index (χ0v) is 46.2. The van der Waals surface area contributed by atoms with E-state index in [0.29, 0.717) is 81.0 Å². The minimum absolute atomic E-state index is 0.0708. The van der Waals surface area contributed by atoms with Crippen LogP contribution in [0.3, 0.4) is 0 Å². The molecular weight excluding hydrogens is 1030 g/mol. The predicted molar refractivity (Wildman–Crippen MR) is 296 cm³/mol. The number of rotatable bonds is 21. The molecule has 0 bridgehead atoms. The van der Waals surface area contributed by atoms with Crippen LogP contribution in [0.5, 0.6) is 0 Å². The number of nitrogens with one attached hydrogen (secondary N) is 7. The Kier molecular flexibility index (Phi) is 20.1. The van der Waals surface area contributed by atoms with Crippen LogP contribution in [0.4, 0.5) is 24.5 Å². The van der Waals surface area contributed by atoms with Gasteiger partial charge in [-0.05, 0) is 130 Å². The lowest BCUT2D eigenvalue weighted by atomic mass is 9.77. The number of halogens is 3. The lowest BCUT2D eigenvalue weighted by Gasteiger charge is -2.44. The molecule has 18 nitrogen and oxygen atoms in total. The van der Waals surface area contributed by atoms with Gasteiger partial charge in [0.15, 0.2) is 0 Å². The lowest BCUT2D eigenvalue weighted by Crippen LogP contribution is -2.60. The van der Waals surface area contributed by atoms with Gasteiger partial charge in [-0.15, -0.1) is 0 Å². The zero-order valence-electron chi connectivity index (χ0n) is 46.2. The molecule has 430 valence electrons. The number of likely N-dealkylation sites (N-methyl/N-ethyl adjacent to an activating group) is 1. The molecule has 80 heavy (non-hydrogen) atoms. The monoisotopic (exact) mass is 1110 g/mol.